The van der Waals surface area contributed by atoms with Crippen LogP contribution < -0.4 is 17.2 Å². The number of primary amides is 1. The SMILES string of the molecule is CSc1nc(-c2cccc(N)c2)c2c(N)c(C(N)=O)c(C(C)(C)C)cc2n1. The Kier molecular flexibility index (Phi) is 4.73. The van der Waals surface area contributed by atoms with Crippen molar-refractivity contribution in [2.45, 2.75) is 31.3 Å². The first-order valence-corrected chi connectivity index (χ1v) is 9.70. The number of nitrogen functional groups attached to an aromatic ring is 2. The van der Waals surface area contributed by atoms with Crippen molar-refractivity contribution in [3.05, 3.63) is 41.5 Å². The van der Waals surface area contributed by atoms with E-state index in [0.717, 1.165) is 11.1 Å². The molecule has 140 valence electrons. The summed E-state index contributed by atoms with van der Waals surface area (Å²) in [7, 11) is 0. The molecule has 7 heteroatoms. The normalized spacial score (nSPS) is 11.7. The summed E-state index contributed by atoms with van der Waals surface area (Å²) in [6.07, 6.45) is 1.91. The lowest BCUT2D eigenvalue weighted by Crippen LogP contribution is -2.23. The molecule has 0 unspecified atom stereocenters. The molecule has 0 bridgehead atoms. The fraction of sp³-hybridized carbons (Fsp3) is 0.250. The van der Waals surface area contributed by atoms with Crippen molar-refractivity contribution in [2.24, 2.45) is 5.73 Å². The van der Waals surface area contributed by atoms with Crippen LogP contribution in [0, 0.1) is 0 Å². The number of thioether (sulfide) groups is 1. The van der Waals surface area contributed by atoms with Crippen molar-refractivity contribution in [1.82, 2.24) is 9.97 Å². The maximum atomic E-state index is 12.2. The standard InChI is InChI=1S/C20H23N5OS/c1-20(2,3)12-9-13-15(16(22)14(12)18(23)26)17(25-19(24-13)27-4)10-6-5-7-11(21)8-10/h5-9H,21-22H2,1-4H3,(H2,23,26). The smallest absolute Gasteiger partial charge is 0.251 e. The topological polar surface area (TPSA) is 121 Å². The molecule has 0 saturated carbocycles. The number of carbonyl (C=O) groups is 1. The van der Waals surface area contributed by atoms with E-state index in [4.69, 9.17) is 17.2 Å². The lowest BCUT2D eigenvalue weighted by molar-refractivity contribution is 0.0999. The van der Waals surface area contributed by atoms with Gasteiger partial charge in [-0.2, -0.15) is 0 Å². The second-order valence-corrected chi connectivity index (χ2v) is 8.18. The first-order valence-electron chi connectivity index (χ1n) is 8.48. The van der Waals surface area contributed by atoms with E-state index in [2.05, 4.69) is 9.97 Å². The number of hydrogen-bond acceptors (Lipinski definition) is 6. The Bertz CT molecular complexity index is 1060. The quantitative estimate of drug-likeness (QED) is 0.362. The minimum Gasteiger partial charge on any atom is -0.399 e. The zero-order valence-electron chi connectivity index (χ0n) is 15.8. The zero-order chi connectivity index (χ0) is 19.9. The highest BCUT2D eigenvalue weighted by Crippen LogP contribution is 2.39. The molecular formula is C20H23N5OS. The lowest BCUT2D eigenvalue weighted by atomic mass is 9.81. The van der Waals surface area contributed by atoms with Gasteiger partial charge in [0, 0.05) is 11.3 Å². The number of anilines is 2. The number of rotatable bonds is 3. The van der Waals surface area contributed by atoms with Crippen LogP contribution in [-0.2, 0) is 5.41 Å². The van der Waals surface area contributed by atoms with Gasteiger partial charge in [-0.15, -0.1) is 0 Å². The monoisotopic (exact) mass is 381 g/mol. The maximum Gasteiger partial charge on any atom is 0.251 e. The van der Waals surface area contributed by atoms with Gasteiger partial charge in [0.2, 0.25) is 0 Å². The van der Waals surface area contributed by atoms with Crippen molar-refractivity contribution in [3.63, 3.8) is 0 Å². The van der Waals surface area contributed by atoms with Gasteiger partial charge in [0.05, 0.1) is 27.8 Å². The molecule has 6 nitrogen and oxygen atoms in total. The highest BCUT2D eigenvalue weighted by Gasteiger charge is 2.27. The van der Waals surface area contributed by atoms with E-state index in [1.165, 1.54) is 11.8 Å². The molecule has 3 rings (SSSR count). The second kappa shape index (κ2) is 6.74. The minimum atomic E-state index is -0.563. The molecule has 0 aliphatic rings. The number of nitrogens with two attached hydrogens (primary N) is 3. The molecular weight excluding hydrogens is 358 g/mol. The Hall–Kier alpha value is -2.80. The number of hydrogen-bond donors (Lipinski definition) is 3. The first kappa shape index (κ1) is 19.0. The highest BCUT2D eigenvalue weighted by molar-refractivity contribution is 7.98. The van der Waals surface area contributed by atoms with Crippen LogP contribution in [0.4, 0.5) is 11.4 Å². The van der Waals surface area contributed by atoms with Crippen LogP contribution in [-0.4, -0.2) is 22.1 Å². The van der Waals surface area contributed by atoms with Gasteiger partial charge in [-0.3, -0.25) is 4.79 Å². The average molecular weight is 382 g/mol. The number of amides is 1. The highest BCUT2D eigenvalue weighted by atomic mass is 32.2. The van der Waals surface area contributed by atoms with Gasteiger partial charge in [0.1, 0.15) is 0 Å². The van der Waals surface area contributed by atoms with Gasteiger partial charge in [-0.25, -0.2) is 9.97 Å². The largest absolute Gasteiger partial charge is 0.399 e. The van der Waals surface area contributed by atoms with Gasteiger partial charge in [-0.05, 0) is 35.4 Å². The summed E-state index contributed by atoms with van der Waals surface area (Å²) < 4.78 is 0. The molecule has 0 aliphatic carbocycles. The fourth-order valence-corrected chi connectivity index (χ4v) is 3.52. The lowest BCUT2D eigenvalue weighted by Gasteiger charge is -2.24. The molecule has 0 fully saturated rings. The fourth-order valence-electron chi connectivity index (χ4n) is 3.15. The van der Waals surface area contributed by atoms with Crippen LogP contribution >= 0.6 is 11.8 Å². The van der Waals surface area contributed by atoms with E-state index < -0.39 is 5.91 Å². The van der Waals surface area contributed by atoms with Crippen LogP contribution in [0.15, 0.2) is 35.5 Å². The maximum absolute atomic E-state index is 12.2. The van der Waals surface area contributed by atoms with Crippen molar-refractivity contribution in [1.29, 1.82) is 0 Å². The summed E-state index contributed by atoms with van der Waals surface area (Å²) in [6.45, 7) is 6.03. The van der Waals surface area contributed by atoms with Crippen LogP contribution in [0.25, 0.3) is 22.2 Å². The molecule has 6 N–H and O–H groups in total. The minimum absolute atomic E-state index is 0.301. The third kappa shape index (κ3) is 3.42. The predicted octanol–water partition coefficient (Wildman–Crippen LogP) is 3.58. The van der Waals surface area contributed by atoms with Crippen LogP contribution in [0.2, 0.25) is 0 Å². The Morgan fingerprint density at radius 3 is 2.37 bits per heavy atom. The Balaban J connectivity index is 2.50. The summed E-state index contributed by atoms with van der Waals surface area (Å²) >= 11 is 1.44. The number of aromatic nitrogens is 2. The molecule has 0 saturated heterocycles. The van der Waals surface area contributed by atoms with Crippen molar-refractivity contribution < 1.29 is 4.79 Å². The number of nitrogens with zero attached hydrogens (tertiary/aromatic N) is 2. The van der Waals surface area contributed by atoms with Crippen LogP contribution in [0.5, 0.6) is 0 Å². The van der Waals surface area contributed by atoms with Crippen LogP contribution in [0.3, 0.4) is 0 Å². The van der Waals surface area contributed by atoms with Gasteiger partial charge in [0.15, 0.2) is 5.16 Å². The summed E-state index contributed by atoms with van der Waals surface area (Å²) in [6, 6.07) is 9.28. The Morgan fingerprint density at radius 2 is 1.81 bits per heavy atom. The number of carbonyl (C=O) groups excluding carboxylic acids is 1. The van der Waals surface area contributed by atoms with E-state index in [0.29, 0.717) is 38.7 Å². The van der Waals surface area contributed by atoms with E-state index in [9.17, 15) is 4.79 Å². The van der Waals surface area contributed by atoms with E-state index >= 15 is 0 Å². The van der Waals surface area contributed by atoms with E-state index in [-0.39, 0.29) is 5.41 Å². The predicted molar refractivity (Wildman–Crippen MR) is 113 cm³/mol. The van der Waals surface area contributed by atoms with Gasteiger partial charge >= 0.3 is 0 Å². The second-order valence-electron chi connectivity index (χ2n) is 7.41. The molecule has 1 aromatic heterocycles. The molecule has 1 amide bonds. The number of benzene rings is 2. The van der Waals surface area contributed by atoms with Crippen molar-refractivity contribution in [3.8, 4) is 11.3 Å². The number of fused-ring (bicyclic) bond motifs is 1. The van der Waals surface area contributed by atoms with Crippen molar-refractivity contribution in [2.75, 3.05) is 17.7 Å². The zero-order valence-corrected chi connectivity index (χ0v) is 16.6. The van der Waals surface area contributed by atoms with E-state index in [1.807, 2.05) is 51.3 Å². The van der Waals surface area contributed by atoms with Crippen LogP contribution in [0.1, 0.15) is 36.7 Å². The third-order valence-electron chi connectivity index (χ3n) is 4.40. The molecule has 27 heavy (non-hydrogen) atoms. The molecule has 2 aromatic carbocycles. The summed E-state index contributed by atoms with van der Waals surface area (Å²) in [5.41, 5.74) is 21.9. The van der Waals surface area contributed by atoms with Gasteiger partial charge < -0.3 is 17.2 Å². The summed E-state index contributed by atoms with van der Waals surface area (Å²) in [4.78, 5) is 21.5. The van der Waals surface area contributed by atoms with Gasteiger partial charge in [-0.1, -0.05) is 44.7 Å². The Morgan fingerprint density at radius 1 is 1.11 bits per heavy atom. The summed E-state index contributed by atoms with van der Waals surface area (Å²) in [5.74, 6) is -0.563. The first-order chi connectivity index (χ1) is 12.6. The molecule has 0 atom stereocenters. The van der Waals surface area contributed by atoms with Gasteiger partial charge in [0.25, 0.3) is 5.91 Å². The summed E-state index contributed by atoms with van der Waals surface area (Å²) in [5, 5.41) is 1.23. The molecule has 0 radical (unpaired) electrons. The van der Waals surface area contributed by atoms with E-state index in [1.54, 1.807) is 6.07 Å². The third-order valence-corrected chi connectivity index (χ3v) is 4.95. The Labute approximate surface area is 162 Å². The molecule has 3 aromatic rings. The molecule has 1 heterocycles. The molecule has 0 spiro atoms. The average Bonchev–Trinajstić information content (AvgIpc) is 2.59. The van der Waals surface area contributed by atoms with Crippen molar-refractivity contribution >= 4 is 39.9 Å². The molecule has 0 aliphatic heterocycles.